The number of amides is 1. The minimum Gasteiger partial charge on any atom is -0.486 e. The molecule has 120 valence electrons. The van der Waals surface area contributed by atoms with Crippen LogP contribution in [0, 0.1) is 0 Å². The van der Waals surface area contributed by atoms with Crippen molar-refractivity contribution < 1.29 is 14.4 Å². The van der Waals surface area contributed by atoms with Crippen molar-refractivity contribution in [2.75, 3.05) is 14.2 Å². The number of ether oxygens (including phenoxy) is 1. The van der Waals surface area contributed by atoms with Crippen LogP contribution in [-0.2, 0) is 9.63 Å². The van der Waals surface area contributed by atoms with Gasteiger partial charge in [0.05, 0.1) is 0 Å². The number of para-hydroxylation sites is 1. The first-order valence-electron chi connectivity index (χ1n) is 7.31. The third-order valence-electron chi connectivity index (χ3n) is 3.33. The Morgan fingerprint density at radius 3 is 2.39 bits per heavy atom. The van der Waals surface area contributed by atoms with Crippen LogP contribution in [0.4, 0.5) is 0 Å². The van der Waals surface area contributed by atoms with E-state index in [0.717, 1.165) is 11.3 Å². The fraction of sp³-hybridized carbons (Fsp3) is 0.222. The minimum atomic E-state index is -0.314. The van der Waals surface area contributed by atoms with Crippen LogP contribution in [0.1, 0.15) is 24.2 Å². The molecule has 0 aliphatic heterocycles. The average Bonchev–Trinajstić information content (AvgIpc) is 2.60. The maximum Gasteiger partial charge on any atom is 0.273 e. The molecule has 5 nitrogen and oxygen atoms in total. The Labute approximate surface area is 135 Å². The van der Waals surface area contributed by atoms with Gasteiger partial charge < -0.3 is 14.9 Å². The Bertz CT molecular complexity index is 684. The summed E-state index contributed by atoms with van der Waals surface area (Å²) < 4.78 is 5.96. The van der Waals surface area contributed by atoms with Gasteiger partial charge in [0.25, 0.3) is 5.91 Å². The lowest BCUT2D eigenvalue weighted by Gasteiger charge is -2.18. The Kier molecular flexibility index (Phi) is 5.74. The van der Waals surface area contributed by atoms with Gasteiger partial charge in [-0.25, -0.2) is 0 Å². The summed E-state index contributed by atoms with van der Waals surface area (Å²) in [7, 11) is 2.97. The quantitative estimate of drug-likeness (QED) is 0.659. The standard InChI is InChI=1S/C18H20N2O3/c1-13(23-14-9-5-4-6-10-14)15-11-7-8-12-16(15)17(20-22-3)18(21)19-2/h4-13H,1-3H3,(H,19,21). The number of hydrogen-bond donors (Lipinski definition) is 1. The second kappa shape index (κ2) is 7.98. The van der Waals surface area contributed by atoms with Gasteiger partial charge in [0.15, 0.2) is 5.71 Å². The molecule has 2 aromatic rings. The fourth-order valence-corrected chi connectivity index (χ4v) is 2.26. The lowest BCUT2D eigenvalue weighted by atomic mass is 9.99. The molecule has 1 amide bonds. The predicted octanol–water partition coefficient (Wildman–Crippen LogP) is 2.92. The smallest absolute Gasteiger partial charge is 0.273 e. The van der Waals surface area contributed by atoms with Gasteiger partial charge in [-0.15, -0.1) is 0 Å². The van der Waals surface area contributed by atoms with Crippen molar-refractivity contribution in [2.24, 2.45) is 5.16 Å². The minimum absolute atomic E-state index is 0.217. The van der Waals surface area contributed by atoms with Crippen LogP contribution < -0.4 is 10.1 Å². The van der Waals surface area contributed by atoms with Gasteiger partial charge in [0.2, 0.25) is 0 Å². The van der Waals surface area contributed by atoms with Gasteiger partial charge in [-0.1, -0.05) is 47.6 Å². The number of nitrogens with zero attached hydrogens (tertiary/aromatic N) is 1. The summed E-state index contributed by atoms with van der Waals surface area (Å²) in [6.45, 7) is 1.93. The van der Waals surface area contributed by atoms with Gasteiger partial charge in [-0.05, 0) is 19.1 Å². The summed E-state index contributed by atoms with van der Waals surface area (Å²) in [6.07, 6.45) is -0.250. The molecule has 0 saturated heterocycles. The Morgan fingerprint density at radius 2 is 1.74 bits per heavy atom. The van der Waals surface area contributed by atoms with Crippen LogP contribution in [0.25, 0.3) is 0 Å². The number of hydrogen-bond acceptors (Lipinski definition) is 4. The second-order valence-corrected chi connectivity index (χ2v) is 4.86. The number of likely N-dealkylation sites (N-methyl/N-ethyl adjacent to an activating group) is 1. The molecule has 1 atom stereocenters. The molecule has 0 saturated carbocycles. The third-order valence-corrected chi connectivity index (χ3v) is 3.33. The lowest BCUT2D eigenvalue weighted by molar-refractivity contribution is -0.114. The third kappa shape index (κ3) is 4.10. The summed E-state index contributed by atoms with van der Waals surface area (Å²) in [5.74, 6) is 0.450. The van der Waals surface area contributed by atoms with E-state index in [9.17, 15) is 4.79 Å². The van der Waals surface area contributed by atoms with Crippen molar-refractivity contribution in [3.05, 3.63) is 65.7 Å². The van der Waals surface area contributed by atoms with E-state index in [1.807, 2.05) is 61.5 Å². The molecule has 0 aromatic heterocycles. The maximum atomic E-state index is 12.1. The highest BCUT2D eigenvalue weighted by atomic mass is 16.6. The number of nitrogens with one attached hydrogen (secondary N) is 1. The first-order valence-corrected chi connectivity index (χ1v) is 7.31. The van der Waals surface area contributed by atoms with Crippen LogP contribution in [0.5, 0.6) is 5.75 Å². The highest BCUT2D eigenvalue weighted by Gasteiger charge is 2.20. The van der Waals surface area contributed by atoms with E-state index in [4.69, 9.17) is 9.57 Å². The molecular formula is C18H20N2O3. The van der Waals surface area contributed by atoms with E-state index in [2.05, 4.69) is 10.5 Å². The van der Waals surface area contributed by atoms with E-state index in [1.54, 1.807) is 7.05 Å². The fourth-order valence-electron chi connectivity index (χ4n) is 2.26. The number of benzene rings is 2. The van der Waals surface area contributed by atoms with Crippen molar-refractivity contribution in [1.82, 2.24) is 5.32 Å². The van der Waals surface area contributed by atoms with Gasteiger partial charge >= 0.3 is 0 Å². The normalized spacial score (nSPS) is 12.4. The lowest BCUT2D eigenvalue weighted by Crippen LogP contribution is -2.29. The van der Waals surface area contributed by atoms with Crippen LogP contribution in [-0.4, -0.2) is 25.8 Å². The zero-order valence-corrected chi connectivity index (χ0v) is 13.4. The van der Waals surface area contributed by atoms with Gasteiger partial charge in [0, 0.05) is 18.2 Å². The highest BCUT2D eigenvalue weighted by Crippen LogP contribution is 2.24. The van der Waals surface area contributed by atoms with Gasteiger partial charge in [-0.3, -0.25) is 4.79 Å². The number of carbonyl (C=O) groups excluding carboxylic acids is 1. The molecule has 23 heavy (non-hydrogen) atoms. The first kappa shape index (κ1) is 16.5. The Balaban J connectivity index is 2.36. The van der Waals surface area contributed by atoms with Crippen LogP contribution in [0.2, 0.25) is 0 Å². The predicted molar refractivity (Wildman–Crippen MR) is 89.5 cm³/mol. The zero-order valence-electron chi connectivity index (χ0n) is 13.4. The molecule has 5 heteroatoms. The summed E-state index contributed by atoms with van der Waals surface area (Å²) in [4.78, 5) is 16.9. The van der Waals surface area contributed by atoms with Crippen LogP contribution >= 0.6 is 0 Å². The molecule has 0 heterocycles. The molecule has 1 unspecified atom stereocenters. The van der Waals surface area contributed by atoms with Gasteiger partial charge in [-0.2, -0.15) is 0 Å². The SMILES string of the molecule is CNC(=O)C(=NOC)c1ccccc1C(C)Oc1ccccc1. The molecule has 0 aliphatic rings. The summed E-state index contributed by atoms with van der Waals surface area (Å²) >= 11 is 0. The molecule has 0 radical (unpaired) electrons. The number of carbonyl (C=O) groups is 1. The van der Waals surface area contributed by atoms with E-state index >= 15 is 0 Å². The topological polar surface area (TPSA) is 59.9 Å². The molecule has 2 aromatic carbocycles. The van der Waals surface area contributed by atoms with Crippen molar-refractivity contribution in [3.63, 3.8) is 0 Å². The highest BCUT2D eigenvalue weighted by molar-refractivity contribution is 6.45. The molecule has 0 fully saturated rings. The van der Waals surface area contributed by atoms with Crippen molar-refractivity contribution in [3.8, 4) is 5.75 Å². The Hall–Kier alpha value is -2.82. The second-order valence-electron chi connectivity index (χ2n) is 4.86. The first-order chi connectivity index (χ1) is 11.2. The molecule has 0 bridgehead atoms. The summed E-state index contributed by atoms with van der Waals surface area (Å²) in [5, 5.41) is 6.44. The average molecular weight is 312 g/mol. The number of rotatable bonds is 6. The van der Waals surface area contributed by atoms with E-state index in [1.165, 1.54) is 7.11 Å². The van der Waals surface area contributed by atoms with Crippen molar-refractivity contribution in [2.45, 2.75) is 13.0 Å². The van der Waals surface area contributed by atoms with Crippen molar-refractivity contribution >= 4 is 11.6 Å². The summed E-state index contributed by atoms with van der Waals surface area (Å²) in [6, 6.07) is 17.0. The maximum absolute atomic E-state index is 12.1. The summed E-state index contributed by atoms with van der Waals surface area (Å²) in [5.41, 5.74) is 1.75. The molecule has 2 rings (SSSR count). The molecule has 0 spiro atoms. The molecule has 0 aliphatic carbocycles. The number of oxime groups is 1. The van der Waals surface area contributed by atoms with Crippen LogP contribution in [0.15, 0.2) is 59.8 Å². The van der Waals surface area contributed by atoms with Crippen LogP contribution in [0.3, 0.4) is 0 Å². The van der Waals surface area contributed by atoms with E-state index < -0.39 is 0 Å². The van der Waals surface area contributed by atoms with Gasteiger partial charge in [0.1, 0.15) is 19.0 Å². The molecular weight excluding hydrogens is 292 g/mol. The Morgan fingerprint density at radius 1 is 1.09 bits per heavy atom. The van der Waals surface area contributed by atoms with Crippen molar-refractivity contribution in [1.29, 1.82) is 0 Å². The zero-order chi connectivity index (χ0) is 16.7. The molecule has 1 N–H and O–H groups in total. The monoisotopic (exact) mass is 312 g/mol. The van der Waals surface area contributed by atoms with E-state index in [0.29, 0.717) is 5.56 Å². The largest absolute Gasteiger partial charge is 0.486 e. The van der Waals surface area contributed by atoms with E-state index in [-0.39, 0.29) is 17.7 Å².